The minimum absolute atomic E-state index is 0.207. The van der Waals surface area contributed by atoms with Crippen LogP contribution in [0.3, 0.4) is 0 Å². The van der Waals surface area contributed by atoms with Crippen LogP contribution in [0.2, 0.25) is 15.2 Å². The molecular weight excluding hydrogens is 437 g/mol. The van der Waals surface area contributed by atoms with E-state index in [1.54, 1.807) is 29.8 Å². The van der Waals surface area contributed by atoms with Crippen molar-refractivity contribution in [2.45, 2.75) is 45.4 Å². The summed E-state index contributed by atoms with van der Waals surface area (Å²) in [4.78, 5) is 23.9. The van der Waals surface area contributed by atoms with Gasteiger partial charge in [0, 0.05) is 33.3 Å². The van der Waals surface area contributed by atoms with Gasteiger partial charge in [-0.1, -0.05) is 40.9 Å². The molecular formula is C20H20Cl3N3O3. The molecule has 0 spiro atoms. The maximum atomic E-state index is 12.0. The number of carbonyl (C=O) groups excluding carboxylic acids is 2. The third-order valence-corrected chi connectivity index (χ3v) is 5.56. The van der Waals surface area contributed by atoms with E-state index in [2.05, 4.69) is 10.4 Å². The minimum Gasteiger partial charge on any atom is -0.449 e. The predicted octanol–water partition coefficient (Wildman–Crippen LogP) is 4.42. The molecule has 0 bridgehead atoms. The van der Waals surface area contributed by atoms with E-state index < -0.39 is 12.1 Å². The van der Waals surface area contributed by atoms with Gasteiger partial charge >= 0.3 is 5.97 Å². The lowest BCUT2D eigenvalue weighted by Gasteiger charge is -2.11. The van der Waals surface area contributed by atoms with E-state index in [4.69, 9.17) is 39.5 Å². The molecule has 2 aromatic rings. The number of hydrogen-bond acceptors (Lipinski definition) is 4. The van der Waals surface area contributed by atoms with Crippen LogP contribution in [-0.4, -0.2) is 33.8 Å². The van der Waals surface area contributed by atoms with Crippen molar-refractivity contribution in [3.8, 4) is 0 Å². The Bertz CT molecular complexity index is 947. The van der Waals surface area contributed by atoms with E-state index in [9.17, 15) is 9.59 Å². The van der Waals surface area contributed by atoms with E-state index in [-0.39, 0.29) is 18.5 Å². The summed E-state index contributed by atoms with van der Waals surface area (Å²) in [6.45, 7) is 3.59. The summed E-state index contributed by atoms with van der Waals surface area (Å²) in [6, 6.07) is 5.45. The van der Waals surface area contributed by atoms with Gasteiger partial charge in [-0.2, -0.15) is 5.10 Å². The van der Waals surface area contributed by atoms with Crippen molar-refractivity contribution < 1.29 is 14.3 Å². The summed E-state index contributed by atoms with van der Waals surface area (Å²) in [5.41, 5.74) is 1.90. The first-order valence-electron chi connectivity index (χ1n) is 9.11. The van der Waals surface area contributed by atoms with E-state index >= 15 is 0 Å². The second-order valence-electron chi connectivity index (χ2n) is 6.84. The van der Waals surface area contributed by atoms with Crippen molar-refractivity contribution in [2.75, 3.05) is 0 Å². The number of esters is 1. The smallest absolute Gasteiger partial charge is 0.331 e. The van der Waals surface area contributed by atoms with E-state index in [1.807, 2.05) is 0 Å². The lowest BCUT2D eigenvalue weighted by atomic mass is 10.2. The van der Waals surface area contributed by atoms with Crippen LogP contribution in [0.5, 0.6) is 0 Å². The quantitative estimate of drug-likeness (QED) is 0.494. The number of nitrogens with zero attached hydrogens (tertiary/aromatic N) is 2. The Morgan fingerprint density at radius 1 is 1.31 bits per heavy atom. The lowest BCUT2D eigenvalue weighted by Crippen LogP contribution is -2.36. The Labute approximate surface area is 183 Å². The van der Waals surface area contributed by atoms with E-state index in [0.29, 0.717) is 32.0 Å². The maximum Gasteiger partial charge on any atom is 0.331 e. The van der Waals surface area contributed by atoms with Gasteiger partial charge in [0.05, 0.1) is 12.2 Å². The molecule has 1 heterocycles. The van der Waals surface area contributed by atoms with Gasteiger partial charge in [-0.3, -0.25) is 4.79 Å². The van der Waals surface area contributed by atoms with Gasteiger partial charge in [0.1, 0.15) is 5.15 Å². The van der Waals surface area contributed by atoms with Crippen molar-refractivity contribution in [2.24, 2.45) is 0 Å². The van der Waals surface area contributed by atoms with E-state index in [0.717, 1.165) is 12.8 Å². The third-order valence-electron chi connectivity index (χ3n) is 4.45. The number of halogens is 3. The third kappa shape index (κ3) is 5.53. The average molecular weight is 457 g/mol. The van der Waals surface area contributed by atoms with Crippen molar-refractivity contribution in [1.82, 2.24) is 15.1 Å². The first kappa shape index (κ1) is 21.7. The van der Waals surface area contributed by atoms with Gasteiger partial charge in [-0.05, 0) is 44.9 Å². The molecule has 0 radical (unpaired) electrons. The van der Waals surface area contributed by atoms with Crippen molar-refractivity contribution in [3.63, 3.8) is 0 Å². The number of rotatable bonds is 7. The number of aryl methyl sites for hydroxylation is 1. The topological polar surface area (TPSA) is 73.2 Å². The van der Waals surface area contributed by atoms with Crippen LogP contribution in [-0.2, 0) is 20.9 Å². The number of carbonyl (C=O) groups is 2. The summed E-state index contributed by atoms with van der Waals surface area (Å²) in [5, 5.41) is 8.55. The summed E-state index contributed by atoms with van der Waals surface area (Å²) in [7, 11) is 0. The molecule has 1 unspecified atom stereocenters. The van der Waals surface area contributed by atoms with Gasteiger partial charge in [0.15, 0.2) is 6.10 Å². The standard InChI is InChI=1S/C20H20Cl3N3O3/c1-11-14(8-9-18(27)29-12(2)20(28)24-13-6-7-13)19(23)26(25-11)10-15-16(21)4-3-5-17(15)22/h3-5,8-9,12-13H,6-7,10H2,1-2H3,(H,24,28)/b9-8+. The second kappa shape index (κ2) is 9.20. The molecule has 6 nitrogen and oxygen atoms in total. The molecule has 1 aliphatic rings. The fraction of sp³-hybridized carbons (Fsp3) is 0.350. The monoisotopic (exact) mass is 455 g/mol. The van der Waals surface area contributed by atoms with Crippen molar-refractivity contribution in [1.29, 1.82) is 0 Å². The van der Waals surface area contributed by atoms with Gasteiger partial charge in [-0.15, -0.1) is 0 Å². The van der Waals surface area contributed by atoms with Crippen LogP contribution in [0.15, 0.2) is 24.3 Å². The van der Waals surface area contributed by atoms with Gasteiger partial charge in [-0.25, -0.2) is 9.48 Å². The highest BCUT2D eigenvalue weighted by atomic mass is 35.5. The molecule has 1 atom stereocenters. The molecule has 1 aromatic heterocycles. The van der Waals surface area contributed by atoms with Gasteiger partial charge in [0.2, 0.25) is 0 Å². The van der Waals surface area contributed by atoms with E-state index in [1.165, 1.54) is 19.1 Å². The Balaban J connectivity index is 1.67. The average Bonchev–Trinajstić information content (AvgIpc) is 3.43. The largest absolute Gasteiger partial charge is 0.449 e. The predicted molar refractivity (Wildman–Crippen MR) is 113 cm³/mol. The van der Waals surface area contributed by atoms with Crippen LogP contribution in [0.4, 0.5) is 0 Å². The highest BCUT2D eigenvalue weighted by Crippen LogP contribution is 2.28. The molecule has 0 aliphatic heterocycles. The Hall–Kier alpha value is -2.02. The van der Waals surface area contributed by atoms with Crippen LogP contribution in [0.1, 0.15) is 36.6 Å². The summed E-state index contributed by atoms with van der Waals surface area (Å²) < 4.78 is 6.69. The fourth-order valence-corrected chi connectivity index (χ4v) is 3.47. The molecule has 154 valence electrons. The number of benzene rings is 1. The number of nitrogens with one attached hydrogen (secondary N) is 1. The Kier molecular flexibility index (Phi) is 6.88. The molecule has 1 fully saturated rings. The first-order valence-corrected chi connectivity index (χ1v) is 10.2. The van der Waals surface area contributed by atoms with Crippen molar-refractivity contribution >= 4 is 52.8 Å². The fourth-order valence-electron chi connectivity index (χ4n) is 2.66. The van der Waals surface area contributed by atoms with Crippen LogP contribution in [0, 0.1) is 6.92 Å². The Morgan fingerprint density at radius 2 is 1.97 bits per heavy atom. The number of aromatic nitrogens is 2. The lowest BCUT2D eigenvalue weighted by molar-refractivity contribution is -0.150. The zero-order valence-electron chi connectivity index (χ0n) is 15.9. The van der Waals surface area contributed by atoms with Gasteiger partial charge in [0.25, 0.3) is 5.91 Å². The molecule has 29 heavy (non-hydrogen) atoms. The van der Waals surface area contributed by atoms with Crippen molar-refractivity contribution in [3.05, 3.63) is 56.3 Å². The molecule has 1 amide bonds. The summed E-state index contributed by atoms with van der Waals surface area (Å²) in [5.74, 6) is -0.936. The molecule has 0 saturated heterocycles. The zero-order chi connectivity index (χ0) is 21.1. The molecule has 1 aliphatic carbocycles. The van der Waals surface area contributed by atoms with Crippen LogP contribution in [0.25, 0.3) is 6.08 Å². The number of ether oxygens (including phenoxy) is 1. The number of amides is 1. The zero-order valence-corrected chi connectivity index (χ0v) is 18.2. The Morgan fingerprint density at radius 3 is 2.59 bits per heavy atom. The highest BCUT2D eigenvalue weighted by Gasteiger charge is 2.26. The van der Waals surface area contributed by atoms with Gasteiger partial charge < -0.3 is 10.1 Å². The minimum atomic E-state index is -0.866. The molecule has 3 rings (SSSR count). The van der Waals surface area contributed by atoms with Crippen LogP contribution < -0.4 is 5.32 Å². The summed E-state index contributed by atoms with van der Waals surface area (Å²) >= 11 is 18.9. The maximum absolute atomic E-state index is 12.0. The SMILES string of the molecule is Cc1nn(Cc2c(Cl)cccc2Cl)c(Cl)c1/C=C/C(=O)OC(C)C(=O)NC1CC1. The second-order valence-corrected chi connectivity index (χ2v) is 8.02. The summed E-state index contributed by atoms with van der Waals surface area (Å²) in [6.07, 6.45) is 3.81. The molecule has 1 saturated carbocycles. The van der Waals surface area contributed by atoms with Crippen LogP contribution >= 0.6 is 34.8 Å². The normalized spacial score (nSPS) is 14.8. The highest BCUT2D eigenvalue weighted by molar-refractivity contribution is 6.36. The molecule has 1 N–H and O–H groups in total. The number of hydrogen-bond donors (Lipinski definition) is 1. The molecule has 9 heteroatoms. The first-order chi connectivity index (χ1) is 13.8. The molecule has 1 aromatic carbocycles.